The van der Waals surface area contributed by atoms with Crippen molar-refractivity contribution in [2.45, 2.75) is 12.2 Å². The molecule has 0 saturated heterocycles. The van der Waals surface area contributed by atoms with Gasteiger partial charge in [-0.2, -0.15) is 0 Å². The smallest absolute Gasteiger partial charge is 0.258 e. The highest BCUT2D eigenvalue weighted by Crippen LogP contribution is 2.18. The monoisotopic (exact) mass is 365 g/mol. The molecular weight excluding hydrogens is 346 g/mol. The third-order valence-electron chi connectivity index (χ3n) is 3.26. The minimum atomic E-state index is -2.81. The molecule has 2 aromatic carbocycles. The standard InChI is InChI=1S/C17H19NO4S2/c19-17(23-12-15-4-2-1-3-5-15)16-8-6-14(7-9-16)10-11-18-13-22-24(20)21/h1-9,18,24H,10-13H2. The molecule has 0 aliphatic carbocycles. The van der Waals surface area contributed by atoms with Crippen molar-refractivity contribution in [3.05, 3.63) is 71.3 Å². The molecule has 7 heteroatoms. The van der Waals surface area contributed by atoms with Gasteiger partial charge in [0.1, 0.15) is 6.73 Å². The third-order valence-corrected chi connectivity index (χ3v) is 4.58. The van der Waals surface area contributed by atoms with Crippen LogP contribution < -0.4 is 5.32 Å². The van der Waals surface area contributed by atoms with E-state index in [1.807, 2.05) is 54.6 Å². The summed E-state index contributed by atoms with van der Waals surface area (Å²) in [6.07, 6.45) is 0.727. The molecule has 0 radical (unpaired) electrons. The van der Waals surface area contributed by atoms with Gasteiger partial charge in [-0.1, -0.05) is 66.4 Å². The Morgan fingerprint density at radius 2 is 1.71 bits per heavy atom. The molecule has 0 aliphatic heterocycles. The van der Waals surface area contributed by atoms with Crippen molar-refractivity contribution < 1.29 is 17.4 Å². The van der Waals surface area contributed by atoms with E-state index in [2.05, 4.69) is 9.50 Å². The summed E-state index contributed by atoms with van der Waals surface area (Å²) in [5.41, 5.74) is 2.87. The lowest BCUT2D eigenvalue weighted by atomic mass is 10.1. The van der Waals surface area contributed by atoms with Crippen LogP contribution in [0.4, 0.5) is 0 Å². The van der Waals surface area contributed by atoms with Gasteiger partial charge in [0.05, 0.1) is 0 Å². The molecule has 0 saturated carbocycles. The quantitative estimate of drug-likeness (QED) is 0.404. The minimum absolute atomic E-state index is 0.0224. The second-order valence-electron chi connectivity index (χ2n) is 5.01. The minimum Gasteiger partial charge on any atom is -0.293 e. The fraction of sp³-hybridized carbons (Fsp3) is 0.235. The summed E-state index contributed by atoms with van der Waals surface area (Å²) in [7, 11) is -2.81. The van der Waals surface area contributed by atoms with E-state index in [9.17, 15) is 13.2 Å². The fourth-order valence-electron chi connectivity index (χ4n) is 2.02. The number of carbonyl (C=O) groups is 1. The van der Waals surface area contributed by atoms with Crippen LogP contribution in [0.15, 0.2) is 54.6 Å². The van der Waals surface area contributed by atoms with Gasteiger partial charge in [0.2, 0.25) is 5.12 Å². The van der Waals surface area contributed by atoms with Crippen LogP contribution >= 0.6 is 11.8 Å². The third kappa shape index (κ3) is 6.84. The molecule has 0 atom stereocenters. The molecule has 0 unspecified atom stereocenters. The van der Waals surface area contributed by atoms with Crippen molar-refractivity contribution in [3.63, 3.8) is 0 Å². The molecule has 0 bridgehead atoms. The molecular formula is C17H19NO4S2. The summed E-state index contributed by atoms with van der Waals surface area (Å²) in [5.74, 6) is 0.660. The van der Waals surface area contributed by atoms with E-state index in [1.54, 1.807) is 0 Å². The van der Waals surface area contributed by atoms with Gasteiger partial charge < -0.3 is 0 Å². The number of hydrogen-bond donors (Lipinski definition) is 2. The van der Waals surface area contributed by atoms with Crippen molar-refractivity contribution in [2.24, 2.45) is 0 Å². The topological polar surface area (TPSA) is 72.5 Å². The largest absolute Gasteiger partial charge is 0.293 e. The maximum Gasteiger partial charge on any atom is 0.258 e. The zero-order chi connectivity index (χ0) is 17.2. The Morgan fingerprint density at radius 1 is 1.00 bits per heavy atom. The Balaban J connectivity index is 1.75. The highest BCUT2D eigenvalue weighted by atomic mass is 32.2. The lowest BCUT2D eigenvalue weighted by molar-refractivity contribution is 0.108. The maximum atomic E-state index is 12.2. The number of thiol groups is 1. The van der Waals surface area contributed by atoms with Gasteiger partial charge in [0, 0.05) is 17.9 Å². The van der Waals surface area contributed by atoms with E-state index in [1.165, 1.54) is 11.8 Å². The second kappa shape index (κ2) is 10.2. The average molecular weight is 365 g/mol. The zero-order valence-electron chi connectivity index (χ0n) is 13.0. The average Bonchev–Trinajstić information content (AvgIpc) is 2.60. The Bertz CT molecular complexity index is 707. The lowest BCUT2D eigenvalue weighted by Crippen LogP contribution is -2.20. The molecule has 1 N–H and O–H groups in total. The highest BCUT2D eigenvalue weighted by Gasteiger charge is 2.07. The fourth-order valence-corrected chi connectivity index (χ4v) is 3.01. The van der Waals surface area contributed by atoms with Gasteiger partial charge in [-0.05, 0) is 17.5 Å². The van der Waals surface area contributed by atoms with Gasteiger partial charge in [0.25, 0.3) is 11.0 Å². The number of hydrogen-bond acceptors (Lipinski definition) is 6. The molecule has 0 amide bonds. The second-order valence-corrected chi connectivity index (χ2v) is 6.66. The number of carbonyl (C=O) groups excluding carboxylic acids is 1. The lowest BCUT2D eigenvalue weighted by Gasteiger charge is -2.05. The van der Waals surface area contributed by atoms with Crippen LogP contribution in [0.2, 0.25) is 0 Å². The van der Waals surface area contributed by atoms with E-state index in [0.29, 0.717) is 17.9 Å². The van der Waals surface area contributed by atoms with E-state index in [-0.39, 0.29) is 11.8 Å². The summed E-state index contributed by atoms with van der Waals surface area (Å²) < 4.78 is 24.8. The molecule has 5 nitrogen and oxygen atoms in total. The van der Waals surface area contributed by atoms with Crippen LogP contribution in [0.3, 0.4) is 0 Å². The van der Waals surface area contributed by atoms with E-state index < -0.39 is 11.0 Å². The zero-order valence-corrected chi connectivity index (χ0v) is 14.7. The first-order valence-corrected chi connectivity index (χ1v) is 9.51. The summed E-state index contributed by atoms with van der Waals surface area (Å²) in [5, 5.41) is 2.92. The summed E-state index contributed by atoms with van der Waals surface area (Å²) in [6, 6.07) is 17.3. The van der Waals surface area contributed by atoms with E-state index in [4.69, 9.17) is 0 Å². The van der Waals surface area contributed by atoms with Gasteiger partial charge in [-0.25, -0.2) is 8.42 Å². The predicted octanol–water partition coefficient (Wildman–Crippen LogP) is 2.39. The van der Waals surface area contributed by atoms with Crippen molar-refractivity contribution in [1.82, 2.24) is 5.32 Å². The van der Waals surface area contributed by atoms with Crippen LogP contribution in [0.1, 0.15) is 21.5 Å². The number of thioether (sulfide) groups is 1. The predicted molar refractivity (Wildman–Crippen MR) is 96.5 cm³/mol. The summed E-state index contributed by atoms with van der Waals surface area (Å²) in [6.45, 7) is 0.574. The van der Waals surface area contributed by atoms with E-state index in [0.717, 1.165) is 17.5 Å². The van der Waals surface area contributed by atoms with Crippen LogP contribution in [0.5, 0.6) is 0 Å². The molecule has 0 fully saturated rings. The normalized spacial score (nSPS) is 10.9. The van der Waals surface area contributed by atoms with Crippen LogP contribution in [0.25, 0.3) is 0 Å². The Labute approximate surface area is 147 Å². The molecule has 24 heavy (non-hydrogen) atoms. The first-order chi connectivity index (χ1) is 11.6. The molecule has 0 aliphatic rings. The Kier molecular flexibility index (Phi) is 7.97. The first-order valence-electron chi connectivity index (χ1n) is 7.43. The number of rotatable bonds is 9. The summed E-state index contributed by atoms with van der Waals surface area (Å²) in [4.78, 5) is 12.2. The molecule has 2 aromatic rings. The number of benzene rings is 2. The molecule has 0 aromatic heterocycles. The van der Waals surface area contributed by atoms with Crippen molar-refractivity contribution in [1.29, 1.82) is 0 Å². The molecule has 0 heterocycles. The molecule has 128 valence electrons. The Hall–Kier alpha value is -1.67. The SMILES string of the molecule is O=C(SCc1ccccc1)c1ccc(CCNCO[SH](=O)=O)cc1. The van der Waals surface area contributed by atoms with Crippen LogP contribution in [-0.2, 0) is 27.3 Å². The van der Waals surface area contributed by atoms with Crippen LogP contribution in [0, 0.1) is 0 Å². The van der Waals surface area contributed by atoms with Gasteiger partial charge >= 0.3 is 0 Å². The van der Waals surface area contributed by atoms with Gasteiger partial charge in [-0.15, -0.1) is 0 Å². The van der Waals surface area contributed by atoms with Crippen LogP contribution in [-0.4, -0.2) is 26.8 Å². The van der Waals surface area contributed by atoms with Crippen molar-refractivity contribution >= 4 is 27.9 Å². The van der Waals surface area contributed by atoms with Crippen molar-refractivity contribution in [2.75, 3.05) is 13.3 Å². The van der Waals surface area contributed by atoms with E-state index >= 15 is 0 Å². The highest BCUT2D eigenvalue weighted by molar-refractivity contribution is 8.13. The molecule has 0 spiro atoms. The first kappa shape index (κ1) is 18.7. The van der Waals surface area contributed by atoms with Gasteiger partial charge in [-0.3, -0.25) is 14.3 Å². The maximum absolute atomic E-state index is 12.2. The van der Waals surface area contributed by atoms with Gasteiger partial charge in [0.15, 0.2) is 0 Å². The Morgan fingerprint density at radius 3 is 2.38 bits per heavy atom. The van der Waals surface area contributed by atoms with Crippen molar-refractivity contribution in [3.8, 4) is 0 Å². The number of nitrogens with one attached hydrogen (secondary N) is 1. The summed E-state index contributed by atoms with van der Waals surface area (Å²) >= 11 is 1.29. The molecule has 2 rings (SSSR count).